The molecule has 0 aromatic carbocycles. The van der Waals surface area contributed by atoms with Gasteiger partial charge in [0.05, 0.1) is 16.4 Å². The third-order valence-corrected chi connectivity index (χ3v) is 3.75. The number of ketones is 1. The van der Waals surface area contributed by atoms with Gasteiger partial charge in [0.2, 0.25) is 0 Å². The predicted octanol–water partition coefficient (Wildman–Crippen LogP) is 3.21. The summed E-state index contributed by atoms with van der Waals surface area (Å²) in [7, 11) is 3.56. The predicted molar refractivity (Wildman–Crippen MR) is 72.7 cm³/mol. The second-order valence-electron chi connectivity index (χ2n) is 3.75. The van der Waals surface area contributed by atoms with Crippen LogP contribution in [-0.2, 0) is 4.74 Å². The molecule has 0 aliphatic heterocycles. The molecule has 3 nitrogen and oxygen atoms in total. The summed E-state index contributed by atoms with van der Waals surface area (Å²) < 4.78 is 5.96. The van der Waals surface area contributed by atoms with Crippen LogP contribution >= 0.6 is 34.5 Å². The zero-order valence-electron chi connectivity index (χ0n) is 9.83. The van der Waals surface area contributed by atoms with E-state index in [1.807, 2.05) is 11.9 Å². The summed E-state index contributed by atoms with van der Waals surface area (Å²) >= 11 is 12.9. The standard InChI is InChI=1S/C11H15Cl2NO2S/c1-14(4-3-5-16-2)7-9(15)8-6-10(12)17-11(8)13/h6H,3-5,7H2,1-2H3. The lowest BCUT2D eigenvalue weighted by molar-refractivity contribution is 0.0939. The maximum Gasteiger partial charge on any atom is 0.179 e. The maximum atomic E-state index is 11.9. The third-order valence-electron chi connectivity index (χ3n) is 2.26. The van der Waals surface area contributed by atoms with E-state index in [1.54, 1.807) is 13.2 Å². The molecule has 1 aromatic heterocycles. The van der Waals surface area contributed by atoms with E-state index < -0.39 is 0 Å². The third kappa shape index (κ3) is 4.94. The van der Waals surface area contributed by atoms with Crippen LogP contribution in [-0.4, -0.2) is 44.5 Å². The zero-order valence-corrected chi connectivity index (χ0v) is 12.2. The van der Waals surface area contributed by atoms with Crippen LogP contribution in [0.3, 0.4) is 0 Å². The van der Waals surface area contributed by atoms with Gasteiger partial charge in [-0.3, -0.25) is 9.69 Å². The number of nitrogens with zero attached hydrogens (tertiary/aromatic N) is 1. The first-order valence-corrected chi connectivity index (χ1v) is 6.77. The molecule has 1 aromatic rings. The van der Waals surface area contributed by atoms with Crippen molar-refractivity contribution in [2.45, 2.75) is 6.42 Å². The Morgan fingerprint density at radius 1 is 1.53 bits per heavy atom. The van der Waals surface area contributed by atoms with Gasteiger partial charge in [-0.15, -0.1) is 11.3 Å². The van der Waals surface area contributed by atoms with Crippen molar-refractivity contribution in [2.24, 2.45) is 0 Å². The molecule has 0 aliphatic carbocycles. The highest BCUT2D eigenvalue weighted by Crippen LogP contribution is 2.31. The second-order valence-corrected chi connectivity index (χ2v) is 6.03. The fourth-order valence-electron chi connectivity index (χ4n) is 1.42. The fourth-order valence-corrected chi connectivity index (χ4v) is 2.92. The second kappa shape index (κ2) is 7.34. The minimum Gasteiger partial charge on any atom is -0.385 e. The van der Waals surface area contributed by atoms with E-state index in [0.717, 1.165) is 13.0 Å². The zero-order chi connectivity index (χ0) is 12.8. The maximum absolute atomic E-state index is 11.9. The SMILES string of the molecule is COCCCN(C)CC(=O)c1cc(Cl)sc1Cl. The number of likely N-dealkylation sites (N-methyl/N-ethyl adjacent to an activating group) is 1. The number of thiophene rings is 1. The average Bonchev–Trinajstić information content (AvgIpc) is 2.58. The Kier molecular flexibility index (Phi) is 6.44. The van der Waals surface area contributed by atoms with E-state index in [1.165, 1.54) is 11.3 Å². The number of hydrogen-bond acceptors (Lipinski definition) is 4. The molecular formula is C11H15Cl2NO2S. The van der Waals surface area contributed by atoms with E-state index in [2.05, 4.69) is 0 Å². The number of rotatable bonds is 7. The monoisotopic (exact) mass is 295 g/mol. The number of methoxy groups -OCH3 is 1. The van der Waals surface area contributed by atoms with Gasteiger partial charge in [-0.05, 0) is 19.5 Å². The van der Waals surface area contributed by atoms with Crippen molar-refractivity contribution in [3.8, 4) is 0 Å². The Balaban J connectivity index is 2.46. The number of hydrogen-bond donors (Lipinski definition) is 0. The molecule has 1 rings (SSSR count). The van der Waals surface area contributed by atoms with Crippen molar-refractivity contribution in [3.63, 3.8) is 0 Å². The average molecular weight is 296 g/mol. The molecule has 0 unspecified atom stereocenters. The van der Waals surface area contributed by atoms with Crippen LogP contribution in [0.4, 0.5) is 0 Å². The van der Waals surface area contributed by atoms with Crippen LogP contribution in [0.25, 0.3) is 0 Å². The number of ether oxygens (including phenoxy) is 1. The van der Waals surface area contributed by atoms with Gasteiger partial charge < -0.3 is 4.74 Å². The minimum absolute atomic E-state index is 0.00179. The Hall–Kier alpha value is -0.130. The molecule has 6 heteroatoms. The molecule has 96 valence electrons. The van der Waals surface area contributed by atoms with Crippen LogP contribution < -0.4 is 0 Å². The number of carbonyl (C=O) groups is 1. The summed E-state index contributed by atoms with van der Waals surface area (Å²) in [4.78, 5) is 13.9. The molecular weight excluding hydrogens is 281 g/mol. The first-order chi connectivity index (χ1) is 8.04. The Morgan fingerprint density at radius 2 is 2.24 bits per heavy atom. The largest absolute Gasteiger partial charge is 0.385 e. The normalized spacial score (nSPS) is 11.1. The van der Waals surface area contributed by atoms with Gasteiger partial charge in [0, 0.05) is 20.3 Å². The molecule has 0 aliphatic rings. The number of Topliss-reactive ketones (excluding diaryl/α,β-unsaturated/α-hetero) is 1. The molecule has 17 heavy (non-hydrogen) atoms. The summed E-state index contributed by atoms with van der Waals surface area (Å²) in [5, 5.41) is 0. The van der Waals surface area contributed by atoms with Crippen LogP contribution in [0.5, 0.6) is 0 Å². The Labute approximate surface area is 115 Å². The van der Waals surface area contributed by atoms with Crippen LogP contribution in [0.2, 0.25) is 8.67 Å². The first-order valence-electron chi connectivity index (χ1n) is 5.20. The molecule has 0 bridgehead atoms. The molecule has 0 radical (unpaired) electrons. The quantitative estimate of drug-likeness (QED) is 0.571. The molecule has 0 atom stereocenters. The van der Waals surface area contributed by atoms with Crippen LogP contribution in [0.1, 0.15) is 16.8 Å². The van der Waals surface area contributed by atoms with Gasteiger partial charge in [-0.25, -0.2) is 0 Å². The van der Waals surface area contributed by atoms with Gasteiger partial charge in [-0.1, -0.05) is 23.2 Å². The summed E-state index contributed by atoms with van der Waals surface area (Å²) in [6, 6.07) is 1.62. The minimum atomic E-state index is -0.00179. The Morgan fingerprint density at radius 3 is 2.76 bits per heavy atom. The van der Waals surface area contributed by atoms with Gasteiger partial charge >= 0.3 is 0 Å². The highest BCUT2D eigenvalue weighted by Gasteiger charge is 2.15. The molecule has 0 saturated carbocycles. The van der Waals surface area contributed by atoms with Crippen molar-refractivity contribution >= 4 is 40.3 Å². The summed E-state index contributed by atoms with van der Waals surface area (Å²) in [6.07, 6.45) is 0.901. The summed E-state index contributed by atoms with van der Waals surface area (Å²) in [5.41, 5.74) is 0.514. The fraction of sp³-hybridized carbons (Fsp3) is 0.545. The van der Waals surface area contributed by atoms with Gasteiger partial charge in [0.15, 0.2) is 5.78 Å². The van der Waals surface area contributed by atoms with Crippen LogP contribution in [0.15, 0.2) is 6.07 Å². The molecule has 0 fully saturated rings. The van der Waals surface area contributed by atoms with Crippen LogP contribution in [0, 0.1) is 0 Å². The van der Waals surface area contributed by atoms with Crippen molar-refractivity contribution in [1.82, 2.24) is 4.90 Å². The summed E-state index contributed by atoms with van der Waals surface area (Å²) in [5.74, 6) is -0.00179. The van der Waals surface area contributed by atoms with E-state index in [4.69, 9.17) is 27.9 Å². The molecule has 0 saturated heterocycles. The van der Waals surface area contributed by atoms with E-state index >= 15 is 0 Å². The summed E-state index contributed by atoms with van der Waals surface area (Å²) in [6.45, 7) is 1.86. The number of halogens is 2. The highest BCUT2D eigenvalue weighted by atomic mass is 35.5. The highest BCUT2D eigenvalue weighted by molar-refractivity contribution is 7.20. The first kappa shape index (κ1) is 14.9. The molecule has 0 amide bonds. The van der Waals surface area contributed by atoms with Gasteiger partial charge in [0.1, 0.15) is 4.34 Å². The number of carbonyl (C=O) groups excluding carboxylic acids is 1. The lowest BCUT2D eigenvalue weighted by Crippen LogP contribution is -2.27. The van der Waals surface area contributed by atoms with Gasteiger partial charge in [0.25, 0.3) is 0 Å². The molecule has 0 N–H and O–H groups in total. The molecule has 0 spiro atoms. The molecule has 1 heterocycles. The van der Waals surface area contributed by atoms with E-state index in [9.17, 15) is 4.79 Å². The Bertz CT molecular complexity index is 382. The van der Waals surface area contributed by atoms with Crippen molar-refractivity contribution in [1.29, 1.82) is 0 Å². The lowest BCUT2D eigenvalue weighted by atomic mass is 10.2. The smallest absolute Gasteiger partial charge is 0.179 e. The van der Waals surface area contributed by atoms with Gasteiger partial charge in [-0.2, -0.15) is 0 Å². The van der Waals surface area contributed by atoms with E-state index in [0.29, 0.717) is 27.4 Å². The van der Waals surface area contributed by atoms with Crippen molar-refractivity contribution < 1.29 is 9.53 Å². The van der Waals surface area contributed by atoms with Crippen molar-refractivity contribution in [3.05, 3.63) is 20.3 Å². The topological polar surface area (TPSA) is 29.5 Å². The van der Waals surface area contributed by atoms with E-state index in [-0.39, 0.29) is 5.78 Å². The van der Waals surface area contributed by atoms with Crippen molar-refractivity contribution in [2.75, 3.05) is 33.9 Å². The lowest BCUT2D eigenvalue weighted by Gasteiger charge is -2.14.